The Morgan fingerprint density at radius 3 is 2.59 bits per heavy atom. The highest BCUT2D eigenvalue weighted by Crippen LogP contribution is 2.18. The molecule has 0 atom stereocenters. The number of nitrogens with one attached hydrogen (secondary N) is 2. The summed E-state index contributed by atoms with van der Waals surface area (Å²) < 4.78 is 0. The number of carboxylic acids is 1. The molecule has 6 heteroatoms. The van der Waals surface area contributed by atoms with Crippen LogP contribution in [-0.4, -0.2) is 23.5 Å². The number of rotatable bonds is 5. The van der Waals surface area contributed by atoms with E-state index in [1.807, 2.05) is 42.5 Å². The quantitative estimate of drug-likeness (QED) is 0.577. The second-order valence-corrected chi connectivity index (χ2v) is 4.45. The van der Waals surface area contributed by atoms with Crippen molar-refractivity contribution in [1.82, 2.24) is 5.32 Å². The maximum atomic E-state index is 11.6. The number of hydrogen-bond acceptors (Lipinski definition) is 4. The Hall–Kier alpha value is -3.33. The van der Waals surface area contributed by atoms with Crippen molar-refractivity contribution < 1.29 is 14.7 Å². The summed E-state index contributed by atoms with van der Waals surface area (Å²) in [4.78, 5) is 22.0. The molecule has 0 aliphatic carbocycles. The highest BCUT2D eigenvalue weighted by atomic mass is 16.4. The van der Waals surface area contributed by atoms with Gasteiger partial charge in [0.25, 0.3) is 5.91 Å². The normalized spacial score (nSPS) is 10.8. The fraction of sp³-hybridized carbons (Fsp3) is 0.0625. The van der Waals surface area contributed by atoms with Crippen LogP contribution in [0, 0.1) is 11.3 Å². The molecule has 0 radical (unpaired) electrons. The van der Waals surface area contributed by atoms with Gasteiger partial charge < -0.3 is 15.7 Å². The minimum absolute atomic E-state index is 0.200. The smallest absolute Gasteiger partial charge is 0.322 e. The van der Waals surface area contributed by atoms with Gasteiger partial charge in [-0.25, -0.2) is 0 Å². The number of nitrogens with zero attached hydrogens (tertiary/aromatic N) is 1. The monoisotopic (exact) mass is 295 g/mol. The van der Waals surface area contributed by atoms with Gasteiger partial charge in [0, 0.05) is 11.9 Å². The summed E-state index contributed by atoms with van der Waals surface area (Å²) >= 11 is 0. The number of hydrogen-bond donors (Lipinski definition) is 3. The van der Waals surface area contributed by atoms with E-state index in [0.29, 0.717) is 0 Å². The molecular formula is C16H13N3O3. The van der Waals surface area contributed by atoms with E-state index in [1.165, 1.54) is 6.20 Å². The molecule has 0 aliphatic heterocycles. The molecule has 0 spiro atoms. The number of anilines is 1. The van der Waals surface area contributed by atoms with Crippen molar-refractivity contribution in [3.8, 4) is 6.07 Å². The molecule has 0 bridgehead atoms. The van der Waals surface area contributed by atoms with Crippen LogP contribution in [-0.2, 0) is 9.59 Å². The lowest BCUT2D eigenvalue weighted by Crippen LogP contribution is -2.30. The second kappa shape index (κ2) is 6.90. The van der Waals surface area contributed by atoms with Gasteiger partial charge in [-0.15, -0.1) is 0 Å². The van der Waals surface area contributed by atoms with E-state index in [4.69, 9.17) is 10.4 Å². The second-order valence-electron chi connectivity index (χ2n) is 4.45. The summed E-state index contributed by atoms with van der Waals surface area (Å²) in [7, 11) is 0. The molecule has 2 rings (SSSR count). The third-order valence-electron chi connectivity index (χ3n) is 2.90. The van der Waals surface area contributed by atoms with Crippen LogP contribution in [0.15, 0.2) is 54.2 Å². The van der Waals surface area contributed by atoms with Gasteiger partial charge in [-0.1, -0.05) is 30.3 Å². The van der Waals surface area contributed by atoms with Gasteiger partial charge in [-0.3, -0.25) is 9.59 Å². The summed E-state index contributed by atoms with van der Waals surface area (Å²) in [6.07, 6.45) is 1.25. The maximum absolute atomic E-state index is 11.6. The molecule has 1 amide bonds. The summed E-state index contributed by atoms with van der Waals surface area (Å²) in [5.74, 6) is -1.91. The van der Waals surface area contributed by atoms with Gasteiger partial charge in [0.2, 0.25) is 0 Å². The van der Waals surface area contributed by atoms with Gasteiger partial charge in [-0.05, 0) is 22.9 Å². The standard InChI is InChI=1S/C16H13N3O3/c17-8-13(16(22)19-10-15(20)21)9-18-14-6-5-11-3-1-2-4-12(11)7-14/h1-7,9,18H,10H2,(H,19,22)(H,20,21)/b13-9-. The summed E-state index contributed by atoms with van der Waals surface area (Å²) in [6, 6.07) is 15.1. The number of fused-ring (bicyclic) bond motifs is 1. The number of carboxylic acid groups (broad SMARTS) is 1. The van der Waals surface area contributed by atoms with Crippen molar-refractivity contribution in [2.45, 2.75) is 0 Å². The van der Waals surface area contributed by atoms with Crippen molar-refractivity contribution in [1.29, 1.82) is 5.26 Å². The Morgan fingerprint density at radius 1 is 1.18 bits per heavy atom. The van der Waals surface area contributed by atoms with Crippen molar-refractivity contribution in [3.63, 3.8) is 0 Å². The Balaban J connectivity index is 2.11. The molecule has 0 fully saturated rings. The van der Waals surface area contributed by atoms with Crippen molar-refractivity contribution in [2.75, 3.05) is 11.9 Å². The van der Waals surface area contributed by atoms with Gasteiger partial charge in [0.15, 0.2) is 0 Å². The van der Waals surface area contributed by atoms with Crippen LogP contribution >= 0.6 is 0 Å². The SMILES string of the molecule is N#C/C(=C/Nc1ccc2ccccc2c1)C(=O)NCC(=O)O. The molecule has 0 aromatic heterocycles. The topological polar surface area (TPSA) is 102 Å². The molecule has 0 heterocycles. The lowest BCUT2D eigenvalue weighted by atomic mass is 10.1. The Labute approximate surface area is 126 Å². The fourth-order valence-corrected chi connectivity index (χ4v) is 1.83. The number of nitriles is 1. The zero-order chi connectivity index (χ0) is 15.9. The summed E-state index contributed by atoms with van der Waals surface area (Å²) in [6.45, 7) is -0.534. The van der Waals surface area contributed by atoms with Crippen LogP contribution in [0.5, 0.6) is 0 Å². The first-order valence-corrected chi connectivity index (χ1v) is 6.46. The number of benzene rings is 2. The first kappa shape index (κ1) is 15.1. The van der Waals surface area contributed by atoms with Crippen LogP contribution in [0.25, 0.3) is 10.8 Å². The lowest BCUT2D eigenvalue weighted by Gasteiger charge is -2.05. The molecule has 3 N–H and O–H groups in total. The van der Waals surface area contributed by atoms with Gasteiger partial charge in [-0.2, -0.15) is 5.26 Å². The van der Waals surface area contributed by atoms with E-state index in [-0.39, 0.29) is 5.57 Å². The molecule has 0 unspecified atom stereocenters. The van der Waals surface area contributed by atoms with Crippen LogP contribution in [0.2, 0.25) is 0 Å². The first-order chi connectivity index (χ1) is 10.6. The van der Waals surface area contributed by atoms with Crippen molar-refractivity contribution >= 4 is 28.3 Å². The van der Waals surface area contributed by atoms with Crippen molar-refractivity contribution in [3.05, 3.63) is 54.2 Å². The lowest BCUT2D eigenvalue weighted by molar-refractivity contribution is -0.137. The Bertz CT molecular complexity index is 791. The minimum Gasteiger partial charge on any atom is -0.480 e. The third kappa shape index (κ3) is 3.84. The first-order valence-electron chi connectivity index (χ1n) is 6.46. The molecule has 6 nitrogen and oxygen atoms in total. The largest absolute Gasteiger partial charge is 0.480 e. The molecule has 110 valence electrons. The third-order valence-corrected chi connectivity index (χ3v) is 2.90. The number of amides is 1. The van der Waals surface area contributed by atoms with E-state index in [2.05, 4.69) is 10.6 Å². The average molecular weight is 295 g/mol. The molecule has 0 saturated carbocycles. The summed E-state index contributed by atoms with van der Waals surface area (Å²) in [5, 5.41) is 24.5. The fourth-order valence-electron chi connectivity index (χ4n) is 1.83. The van der Waals surface area contributed by atoms with Gasteiger partial charge >= 0.3 is 5.97 Å². The maximum Gasteiger partial charge on any atom is 0.322 e. The number of carbonyl (C=O) groups is 2. The molecular weight excluding hydrogens is 282 g/mol. The van der Waals surface area contributed by atoms with E-state index >= 15 is 0 Å². The predicted molar refractivity (Wildman–Crippen MR) is 81.9 cm³/mol. The zero-order valence-corrected chi connectivity index (χ0v) is 11.5. The van der Waals surface area contributed by atoms with Crippen LogP contribution in [0.1, 0.15) is 0 Å². The Morgan fingerprint density at radius 2 is 1.91 bits per heavy atom. The van der Waals surface area contributed by atoms with Crippen LogP contribution < -0.4 is 10.6 Å². The molecule has 2 aromatic rings. The highest BCUT2D eigenvalue weighted by Gasteiger charge is 2.09. The highest BCUT2D eigenvalue weighted by molar-refractivity contribution is 5.98. The van der Waals surface area contributed by atoms with Crippen molar-refractivity contribution in [2.24, 2.45) is 0 Å². The predicted octanol–water partition coefficient (Wildman–Crippen LogP) is 1.86. The van der Waals surface area contributed by atoms with Crippen LogP contribution in [0.3, 0.4) is 0 Å². The van der Waals surface area contributed by atoms with E-state index in [0.717, 1.165) is 16.5 Å². The molecule has 0 aliphatic rings. The van der Waals surface area contributed by atoms with E-state index in [9.17, 15) is 9.59 Å². The van der Waals surface area contributed by atoms with E-state index < -0.39 is 18.4 Å². The average Bonchev–Trinajstić information content (AvgIpc) is 2.53. The molecule has 2 aromatic carbocycles. The number of carbonyl (C=O) groups excluding carboxylic acids is 1. The van der Waals surface area contributed by atoms with Gasteiger partial charge in [0.1, 0.15) is 18.2 Å². The summed E-state index contributed by atoms with van der Waals surface area (Å²) in [5.41, 5.74) is 0.520. The van der Waals surface area contributed by atoms with Crippen LogP contribution in [0.4, 0.5) is 5.69 Å². The van der Waals surface area contributed by atoms with Gasteiger partial charge in [0.05, 0.1) is 0 Å². The minimum atomic E-state index is -1.17. The number of aliphatic carboxylic acids is 1. The Kier molecular flexibility index (Phi) is 4.73. The zero-order valence-electron chi connectivity index (χ0n) is 11.5. The molecule has 0 saturated heterocycles. The molecule has 22 heavy (non-hydrogen) atoms. The van der Waals surface area contributed by atoms with E-state index in [1.54, 1.807) is 6.07 Å².